The average Bonchev–Trinajstić information content (AvgIpc) is 3.08. The van der Waals surface area contributed by atoms with Crippen molar-refractivity contribution in [2.45, 2.75) is 38.3 Å². The molecule has 1 aromatic carbocycles. The van der Waals surface area contributed by atoms with Gasteiger partial charge in [-0.1, -0.05) is 18.9 Å². The Hall–Kier alpha value is -1.72. The minimum absolute atomic E-state index is 0.486. The van der Waals surface area contributed by atoms with Crippen LogP contribution in [0.3, 0.4) is 0 Å². The molecule has 136 valence electrons. The van der Waals surface area contributed by atoms with Gasteiger partial charge < -0.3 is 14.2 Å². The Balaban J connectivity index is 1.90. The number of hydrogen-bond acceptors (Lipinski definition) is 5. The van der Waals surface area contributed by atoms with Gasteiger partial charge in [0.15, 0.2) is 11.5 Å². The molecule has 0 bridgehead atoms. The summed E-state index contributed by atoms with van der Waals surface area (Å²) in [5, 5.41) is 2.18. The van der Waals surface area contributed by atoms with Crippen molar-refractivity contribution in [3.63, 3.8) is 0 Å². The third kappa shape index (κ3) is 4.10. The number of hydrogen-bond donors (Lipinski definition) is 0. The van der Waals surface area contributed by atoms with Crippen LogP contribution in [0.2, 0.25) is 0 Å². The lowest BCUT2D eigenvalue weighted by atomic mass is 10.1. The Labute approximate surface area is 154 Å². The largest absolute Gasteiger partial charge is 0.496 e. The van der Waals surface area contributed by atoms with Gasteiger partial charge in [-0.15, -0.1) is 11.3 Å². The minimum Gasteiger partial charge on any atom is -0.496 e. The van der Waals surface area contributed by atoms with Gasteiger partial charge in [0.1, 0.15) is 5.75 Å². The van der Waals surface area contributed by atoms with Crippen LogP contribution in [0.25, 0.3) is 0 Å². The summed E-state index contributed by atoms with van der Waals surface area (Å²) >= 11 is 1.86. The first-order valence-electron chi connectivity index (χ1n) is 8.83. The Morgan fingerprint density at radius 3 is 2.44 bits per heavy atom. The van der Waals surface area contributed by atoms with Gasteiger partial charge in [-0.3, -0.25) is 4.90 Å². The van der Waals surface area contributed by atoms with Crippen molar-refractivity contribution in [1.82, 2.24) is 4.90 Å². The van der Waals surface area contributed by atoms with E-state index in [1.807, 2.05) is 23.5 Å². The Morgan fingerprint density at radius 2 is 1.76 bits per heavy atom. The van der Waals surface area contributed by atoms with E-state index in [1.165, 1.54) is 30.6 Å². The van der Waals surface area contributed by atoms with Gasteiger partial charge in [0, 0.05) is 29.1 Å². The number of likely N-dealkylation sites (tertiary alicyclic amines) is 1. The quantitative estimate of drug-likeness (QED) is 0.733. The first-order valence-corrected chi connectivity index (χ1v) is 9.71. The number of benzene rings is 1. The highest BCUT2D eigenvalue weighted by atomic mass is 32.1. The van der Waals surface area contributed by atoms with Gasteiger partial charge in [0.2, 0.25) is 0 Å². The van der Waals surface area contributed by atoms with Crippen molar-refractivity contribution in [2.75, 3.05) is 27.9 Å². The van der Waals surface area contributed by atoms with E-state index in [4.69, 9.17) is 14.2 Å². The molecule has 1 fully saturated rings. The number of thiophene rings is 1. The fourth-order valence-corrected chi connectivity index (χ4v) is 4.49. The second kappa shape index (κ2) is 8.59. The van der Waals surface area contributed by atoms with Crippen LogP contribution in [-0.4, -0.2) is 32.8 Å². The fourth-order valence-electron chi connectivity index (χ4n) is 3.59. The molecule has 1 aliphatic rings. The summed E-state index contributed by atoms with van der Waals surface area (Å²) in [6.07, 6.45) is 5.07. The molecule has 2 aromatic rings. The predicted molar refractivity (Wildman–Crippen MR) is 102 cm³/mol. The summed E-state index contributed by atoms with van der Waals surface area (Å²) in [5.74, 6) is 2.31. The zero-order valence-corrected chi connectivity index (χ0v) is 16.1. The molecule has 4 nitrogen and oxygen atoms in total. The van der Waals surface area contributed by atoms with E-state index < -0.39 is 0 Å². The van der Waals surface area contributed by atoms with Crippen LogP contribution in [0.1, 0.15) is 42.2 Å². The van der Waals surface area contributed by atoms with Crippen molar-refractivity contribution in [3.05, 3.63) is 40.1 Å². The standard InChI is InChI=1S/C20H27NO3S/c1-22-17-13-19(24-3)18(23-2)12-15(17)14-21-10-6-4-5-8-16(21)20-9-7-11-25-20/h7,9,11-13,16H,4-6,8,10,14H2,1-3H3/t16-/m1/s1. The average molecular weight is 362 g/mol. The summed E-state index contributed by atoms with van der Waals surface area (Å²) in [7, 11) is 5.04. The topological polar surface area (TPSA) is 30.9 Å². The molecule has 1 atom stereocenters. The van der Waals surface area contributed by atoms with E-state index in [0.717, 1.165) is 30.2 Å². The van der Waals surface area contributed by atoms with E-state index in [-0.39, 0.29) is 0 Å². The van der Waals surface area contributed by atoms with E-state index in [1.54, 1.807) is 21.3 Å². The lowest BCUT2D eigenvalue weighted by molar-refractivity contribution is 0.192. The van der Waals surface area contributed by atoms with Crippen molar-refractivity contribution in [1.29, 1.82) is 0 Å². The number of rotatable bonds is 6. The van der Waals surface area contributed by atoms with Crippen LogP contribution in [-0.2, 0) is 6.54 Å². The lowest BCUT2D eigenvalue weighted by Gasteiger charge is -2.30. The molecule has 0 amide bonds. The molecule has 1 saturated heterocycles. The summed E-state index contributed by atoms with van der Waals surface area (Å²) in [4.78, 5) is 4.05. The maximum atomic E-state index is 5.63. The van der Waals surface area contributed by atoms with Gasteiger partial charge >= 0.3 is 0 Å². The first kappa shape index (κ1) is 18.1. The molecule has 2 heterocycles. The second-order valence-electron chi connectivity index (χ2n) is 6.37. The number of methoxy groups -OCH3 is 3. The van der Waals surface area contributed by atoms with Crippen LogP contribution in [0.4, 0.5) is 0 Å². The molecule has 0 saturated carbocycles. The Bertz CT molecular complexity index is 672. The molecule has 0 aliphatic carbocycles. The van der Waals surface area contributed by atoms with Crippen molar-refractivity contribution in [3.8, 4) is 17.2 Å². The molecule has 25 heavy (non-hydrogen) atoms. The van der Waals surface area contributed by atoms with E-state index in [2.05, 4.69) is 22.4 Å². The van der Waals surface area contributed by atoms with Crippen LogP contribution >= 0.6 is 11.3 Å². The van der Waals surface area contributed by atoms with E-state index in [9.17, 15) is 0 Å². The summed E-state index contributed by atoms with van der Waals surface area (Å²) < 4.78 is 16.5. The highest BCUT2D eigenvalue weighted by Crippen LogP contribution is 2.38. The summed E-state index contributed by atoms with van der Waals surface area (Å²) in [6.45, 7) is 1.96. The molecular weight excluding hydrogens is 334 g/mol. The molecule has 1 aliphatic heterocycles. The Kier molecular flexibility index (Phi) is 6.21. The third-order valence-corrected chi connectivity index (χ3v) is 5.87. The Morgan fingerprint density at radius 1 is 1.00 bits per heavy atom. The summed E-state index contributed by atoms with van der Waals surface area (Å²) in [5.41, 5.74) is 1.14. The van der Waals surface area contributed by atoms with Gasteiger partial charge in [-0.2, -0.15) is 0 Å². The maximum Gasteiger partial charge on any atom is 0.164 e. The number of nitrogens with zero attached hydrogens (tertiary/aromatic N) is 1. The van der Waals surface area contributed by atoms with Crippen LogP contribution in [0.5, 0.6) is 17.2 Å². The smallest absolute Gasteiger partial charge is 0.164 e. The molecule has 5 heteroatoms. The van der Waals surface area contributed by atoms with Crippen LogP contribution < -0.4 is 14.2 Å². The van der Waals surface area contributed by atoms with Gasteiger partial charge in [-0.25, -0.2) is 0 Å². The zero-order valence-electron chi connectivity index (χ0n) is 15.3. The highest BCUT2D eigenvalue weighted by Gasteiger charge is 2.25. The van der Waals surface area contributed by atoms with Crippen molar-refractivity contribution < 1.29 is 14.2 Å². The molecule has 0 radical (unpaired) electrons. The molecular formula is C20H27NO3S. The molecule has 3 rings (SSSR count). The molecule has 0 N–H and O–H groups in total. The monoisotopic (exact) mass is 361 g/mol. The fraction of sp³-hybridized carbons (Fsp3) is 0.500. The lowest BCUT2D eigenvalue weighted by Crippen LogP contribution is -2.27. The minimum atomic E-state index is 0.486. The van der Waals surface area contributed by atoms with E-state index >= 15 is 0 Å². The van der Waals surface area contributed by atoms with Crippen LogP contribution in [0, 0.1) is 0 Å². The third-order valence-electron chi connectivity index (χ3n) is 4.90. The van der Waals surface area contributed by atoms with E-state index in [0.29, 0.717) is 11.8 Å². The zero-order chi connectivity index (χ0) is 17.6. The molecule has 1 aromatic heterocycles. The van der Waals surface area contributed by atoms with Crippen molar-refractivity contribution in [2.24, 2.45) is 0 Å². The molecule has 0 unspecified atom stereocenters. The SMILES string of the molecule is COc1cc(OC)c(OC)cc1CN1CCCCC[C@@H]1c1cccs1. The van der Waals surface area contributed by atoms with Gasteiger partial charge in [0.25, 0.3) is 0 Å². The van der Waals surface area contributed by atoms with Gasteiger partial charge in [0.05, 0.1) is 21.3 Å². The van der Waals surface area contributed by atoms with Crippen LogP contribution in [0.15, 0.2) is 29.6 Å². The highest BCUT2D eigenvalue weighted by molar-refractivity contribution is 7.10. The van der Waals surface area contributed by atoms with Crippen molar-refractivity contribution >= 4 is 11.3 Å². The first-order chi connectivity index (χ1) is 12.3. The number of ether oxygens (including phenoxy) is 3. The normalized spacial score (nSPS) is 18.6. The van der Waals surface area contributed by atoms with Gasteiger partial charge in [-0.05, 0) is 36.9 Å². The maximum absolute atomic E-state index is 5.63. The predicted octanol–water partition coefficient (Wildman–Crippen LogP) is 4.89. The second-order valence-corrected chi connectivity index (χ2v) is 7.35. The summed E-state index contributed by atoms with van der Waals surface area (Å²) in [6, 6.07) is 8.88. The molecule has 0 spiro atoms.